The highest BCUT2D eigenvalue weighted by Crippen LogP contribution is 2.42. The molecule has 5 nitrogen and oxygen atoms in total. The molecule has 0 radical (unpaired) electrons. The van der Waals surface area contributed by atoms with Gasteiger partial charge in [-0.15, -0.1) is 0 Å². The average Bonchev–Trinajstić information content (AvgIpc) is 3.79. The van der Waals surface area contributed by atoms with Crippen LogP contribution >= 0.6 is 0 Å². The number of furan rings is 1. The Bertz CT molecular complexity index is 3540. The molecule has 0 bridgehead atoms. The smallest absolute Gasteiger partial charge is 0.166 e. The Labute approximate surface area is 320 Å². The minimum absolute atomic E-state index is 0.583. The van der Waals surface area contributed by atoms with Crippen LogP contribution in [0.15, 0.2) is 186 Å². The van der Waals surface area contributed by atoms with Gasteiger partial charge < -0.3 is 8.98 Å². The van der Waals surface area contributed by atoms with Crippen LogP contribution in [0.4, 0.5) is 0 Å². The van der Waals surface area contributed by atoms with Crippen LogP contribution in [0.1, 0.15) is 0 Å². The minimum atomic E-state index is 0.583. The van der Waals surface area contributed by atoms with Gasteiger partial charge in [0, 0.05) is 44.3 Å². The molecule has 9 aromatic carbocycles. The number of hydrogen-bond donors (Lipinski definition) is 0. The first-order chi connectivity index (χ1) is 27.7. The van der Waals surface area contributed by atoms with Crippen molar-refractivity contribution < 1.29 is 4.42 Å². The Morgan fingerprint density at radius 1 is 0.339 bits per heavy atom. The highest BCUT2D eigenvalue weighted by Gasteiger charge is 2.23. The van der Waals surface area contributed by atoms with E-state index in [1.165, 1.54) is 26.9 Å². The van der Waals surface area contributed by atoms with Crippen LogP contribution in [0.3, 0.4) is 0 Å². The maximum Gasteiger partial charge on any atom is 0.166 e. The van der Waals surface area contributed by atoms with E-state index in [0.717, 1.165) is 71.5 Å². The molecule has 0 unspecified atom stereocenters. The average molecular weight is 715 g/mol. The molecule has 0 spiro atoms. The summed E-state index contributed by atoms with van der Waals surface area (Å²) in [5.74, 6) is 1.81. The summed E-state index contributed by atoms with van der Waals surface area (Å²) < 4.78 is 8.94. The highest BCUT2D eigenvalue weighted by molar-refractivity contribution is 6.16. The van der Waals surface area contributed by atoms with Gasteiger partial charge in [0.1, 0.15) is 11.2 Å². The Kier molecular flexibility index (Phi) is 6.56. The summed E-state index contributed by atoms with van der Waals surface area (Å²) in [6.45, 7) is 0. The second-order valence-electron chi connectivity index (χ2n) is 14.4. The molecule has 0 fully saturated rings. The van der Waals surface area contributed by atoms with E-state index in [1.807, 2.05) is 30.3 Å². The van der Waals surface area contributed by atoms with Gasteiger partial charge in [0.15, 0.2) is 17.5 Å². The zero-order chi connectivity index (χ0) is 36.7. The van der Waals surface area contributed by atoms with Gasteiger partial charge in [-0.1, -0.05) is 140 Å². The molecule has 0 amide bonds. The largest absolute Gasteiger partial charge is 0.456 e. The summed E-state index contributed by atoms with van der Waals surface area (Å²) in [5.41, 5.74) is 7.51. The van der Waals surface area contributed by atoms with Crippen molar-refractivity contribution in [1.29, 1.82) is 0 Å². The fourth-order valence-electron chi connectivity index (χ4n) is 8.61. The summed E-state index contributed by atoms with van der Waals surface area (Å²) in [4.78, 5) is 16.0. The van der Waals surface area contributed by atoms with Gasteiger partial charge in [-0.3, -0.25) is 0 Å². The zero-order valence-corrected chi connectivity index (χ0v) is 30.0. The van der Waals surface area contributed by atoms with Crippen molar-refractivity contribution in [2.45, 2.75) is 0 Å². The Morgan fingerprint density at radius 3 is 1.77 bits per heavy atom. The number of fused-ring (bicyclic) bond motifs is 10. The second-order valence-corrected chi connectivity index (χ2v) is 14.4. The first kappa shape index (κ1) is 30.8. The molecule has 260 valence electrons. The molecule has 5 heteroatoms. The fraction of sp³-hybridized carbons (Fsp3) is 0. The molecule has 12 aromatic rings. The van der Waals surface area contributed by atoms with Gasteiger partial charge in [-0.25, -0.2) is 15.0 Å². The van der Waals surface area contributed by atoms with Gasteiger partial charge in [0.05, 0.1) is 16.7 Å². The highest BCUT2D eigenvalue weighted by atomic mass is 16.3. The number of aromatic nitrogens is 4. The van der Waals surface area contributed by atoms with Crippen LogP contribution in [0, 0.1) is 0 Å². The van der Waals surface area contributed by atoms with Crippen LogP contribution in [0.25, 0.3) is 116 Å². The fourth-order valence-corrected chi connectivity index (χ4v) is 8.61. The topological polar surface area (TPSA) is 56.7 Å². The van der Waals surface area contributed by atoms with E-state index in [2.05, 4.69) is 156 Å². The second kappa shape index (κ2) is 11.9. The van der Waals surface area contributed by atoms with Crippen molar-refractivity contribution >= 4 is 76.1 Å². The lowest BCUT2D eigenvalue weighted by atomic mass is 9.97. The molecule has 0 aliphatic rings. The molecule has 0 saturated carbocycles. The Morgan fingerprint density at radius 2 is 0.946 bits per heavy atom. The van der Waals surface area contributed by atoms with Crippen LogP contribution in [-0.2, 0) is 0 Å². The lowest BCUT2D eigenvalue weighted by Gasteiger charge is -2.16. The summed E-state index contributed by atoms with van der Waals surface area (Å²) in [6.07, 6.45) is 0. The van der Waals surface area contributed by atoms with Gasteiger partial charge >= 0.3 is 0 Å². The van der Waals surface area contributed by atoms with Crippen LogP contribution in [0.5, 0.6) is 0 Å². The van der Waals surface area contributed by atoms with Gasteiger partial charge in [-0.05, 0) is 68.7 Å². The van der Waals surface area contributed by atoms with E-state index < -0.39 is 0 Å². The molecule has 3 heterocycles. The third kappa shape index (κ3) is 4.64. The molecule has 0 aliphatic carbocycles. The summed E-state index contributed by atoms with van der Waals surface area (Å²) in [6, 6.07) is 63.9. The van der Waals surface area contributed by atoms with E-state index in [0.29, 0.717) is 17.5 Å². The minimum Gasteiger partial charge on any atom is -0.456 e. The molecular formula is C51H30N4O. The van der Waals surface area contributed by atoms with Gasteiger partial charge in [0.25, 0.3) is 0 Å². The quantitative estimate of drug-likeness (QED) is 0.170. The van der Waals surface area contributed by atoms with E-state index in [1.54, 1.807) is 0 Å². The van der Waals surface area contributed by atoms with Crippen LogP contribution in [0.2, 0.25) is 0 Å². The number of benzene rings is 9. The molecule has 0 N–H and O–H groups in total. The summed E-state index contributed by atoms with van der Waals surface area (Å²) in [5, 5.41) is 11.4. The number of hydrogen-bond acceptors (Lipinski definition) is 4. The van der Waals surface area contributed by atoms with Crippen LogP contribution in [-0.4, -0.2) is 19.5 Å². The van der Waals surface area contributed by atoms with Crippen molar-refractivity contribution in [2.24, 2.45) is 0 Å². The summed E-state index contributed by atoms with van der Waals surface area (Å²) in [7, 11) is 0. The predicted molar refractivity (Wildman–Crippen MR) is 230 cm³/mol. The van der Waals surface area contributed by atoms with Crippen LogP contribution < -0.4 is 0 Å². The van der Waals surface area contributed by atoms with E-state index in [4.69, 9.17) is 19.4 Å². The normalized spacial score (nSPS) is 11.9. The monoisotopic (exact) mass is 714 g/mol. The SMILES string of the molecule is c1ccc(-c2nc(-c3cc4c(cc3-n3c5ccccc5c5cc6ccccc6cc53)oc3ccccc34)nc(-c3cc4ccccc4c4ccccc34)n2)cc1. The predicted octanol–water partition coefficient (Wildman–Crippen LogP) is 13.3. The van der Waals surface area contributed by atoms with Gasteiger partial charge in [-0.2, -0.15) is 0 Å². The molecule has 56 heavy (non-hydrogen) atoms. The number of para-hydroxylation sites is 2. The number of rotatable bonds is 4. The van der Waals surface area contributed by atoms with E-state index in [-0.39, 0.29) is 0 Å². The lowest BCUT2D eigenvalue weighted by Crippen LogP contribution is -2.04. The standard InChI is InChI=1S/C51H30N4O/c1-2-14-31(15-3-1)49-52-50(42-27-34-18-6-7-19-35(34)36-20-8-9-21-37(36)42)54-51(53-49)43-29-41-39-23-11-13-25-47(39)56-48(41)30-46(43)55-44-24-12-10-22-38(44)40-26-32-16-4-5-17-33(32)28-45(40)55/h1-30H. The third-order valence-corrected chi connectivity index (χ3v) is 11.2. The Balaban J connectivity index is 1.22. The molecule has 3 aromatic heterocycles. The molecule has 0 atom stereocenters. The molecular weight excluding hydrogens is 685 g/mol. The van der Waals surface area contributed by atoms with Crippen molar-refractivity contribution in [3.8, 4) is 39.9 Å². The molecule has 12 rings (SSSR count). The first-order valence-electron chi connectivity index (χ1n) is 18.9. The third-order valence-electron chi connectivity index (χ3n) is 11.2. The first-order valence-corrected chi connectivity index (χ1v) is 18.9. The van der Waals surface area contributed by atoms with Crippen molar-refractivity contribution in [3.63, 3.8) is 0 Å². The summed E-state index contributed by atoms with van der Waals surface area (Å²) >= 11 is 0. The zero-order valence-electron chi connectivity index (χ0n) is 30.0. The molecule has 0 aliphatic heterocycles. The van der Waals surface area contributed by atoms with Gasteiger partial charge in [0.2, 0.25) is 0 Å². The van der Waals surface area contributed by atoms with Crippen molar-refractivity contribution in [2.75, 3.05) is 0 Å². The maximum absolute atomic E-state index is 6.59. The maximum atomic E-state index is 6.59. The van der Waals surface area contributed by atoms with E-state index >= 15 is 0 Å². The van der Waals surface area contributed by atoms with Crippen molar-refractivity contribution in [3.05, 3.63) is 182 Å². The lowest BCUT2D eigenvalue weighted by molar-refractivity contribution is 0.668. The van der Waals surface area contributed by atoms with E-state index in [9.17, 15) is 0 Å². The number of nitrogens with zero attached hydrogens (tertiary/aromatic N) is 4. The van der Waals surface area contributed by atoms with Crippen molar-refractivity contribution in [1.82, 2.24) is 19.5 Å². The molecule has 0 saturated heterocycles. The Hall–Kier alpha value is -7.63.